The van der Waals surface area contributed by atoms with Crippen molar-refractivity contribution < 1.29 is 12.8 Å². The van der Waals surface area contributed by atoms with E-state index in [1.807, 2.05) is 25.8 Å². The van der Waals surface area contributed by atoms with E-state index in [1.54, 1.807) is 19.2 Å². The molecule has 0 amide bonds. The molecule has 0 unspecified atom stereocenters. The maximum absolute atomic E-state index is 12.9. The summed E-state index contributed by atoms with van der Waals surface area (Å²) in [6, 6.07) is 6.25. The van der Waals surface area contributed by atoms with Gasteiger partial charge in [0.2, 0.25) is 10.0 Å². The van der Waals surface area contributed by atoms with E-state index in [4.69, 9.17) is 0 Å². The second-order valence-electron chi connectivity index (χ2n) is 5.36. The van der Waals surface area contributed by atoms with Gasteiger partial charge in [0.25, 0.3) is 0 Å². The first-order valence-electron chi connectivity index (χ1n) is 7.98. The molecule has 0 aliphatic heterocycles. The van der Waals surface area contributed by atoms with Crippen molar-refractivity contribution in [2.75, 3.05) is 39.5 Å². The molecule has 1 aromatic carbocycles. The zero-order valence-electron chi connectivity index (χ0n) is 14.8. The summed E-state index contributed by atoms with van der Waals surface area (Å²) in [5, 5.41) is 3.06. The van der Waals surface area contributed by atoms with Crippen LogP contribution in [0.15, 0.2) is 29.3 Å². The highest BCUT2D eigenvalue weighted by molar-refractivity contribution is 7.89. The fourth-order valence-corrected chi connectivity index (χ4v) is 3.77. The fourth-order valence-electron chi connectivity index (χ4n) is 2.36. The molecule has 0 atom stereocenters. The summed E-state index contributed by atoms with van der Waals surface area (Å²) in [4.78, 5) is 6.01. The summed E-state index contributed by atoms with van der Waals surface area (Å²) < 4.78 is 38.7. The van der Waals surface area contributed by atoms with E-state index < -0.39 is 10.0 Å². The van der Waals surface area contributed by atoms with Crippen LogP contribution < -0.4 is 5.32 Å². The molecule has 8 heteroatoms. The molecule has 1 rings (SSSR count). The standard InChI is InChI=1S/C16H27FN4O2S/c1-5-21(6-2)24(22,23)12-11-19-16(18-3)20(4)13-14-7-9-15(17)10-8-14/h7-10H,5-6,11-13H2,1-4H3,(H,18,19). The Kier molecular flexibility index (Phi) is 8.14. The quantitative estimate of drug-likeness (QED) is 0.565. The fraction of sp³-hybridized carbons (Fsp3) is 0.562. The van der Waals surface area contributed by atoms with Gasteiger partial charge in [-0.25, -0.2) is 17.1 Å². The van der Waals surface area contributed by atoms with Gasteiger partial charge in [0.05, 0.1) is 5.75 Å². The van der Waals surface area contributed by atoms with Crippen molar-refractivity contribution in [3.8, 4) is 0 Å². The Morgan fingerprint density at radius 1 is 1.21 bits per heavy atom. The predicted molar refractivity (Wildman–Crippen MR) is 95.9 cm³/mol. The Labute approximate surface area is 144 Å². The lowest BCUT2D eigenvalue weighted by molar-refractivity contribution is 0.443. The van der Waals surface area contributed by atoms with Gasteiger partial charge in [-0.05, 0) is 17.7 Å². The van der Waals surface area contributed by atoms with E-state index in [0.29, 0.717) is 25.6 Å². The van der Waals surface area contributed by atoms with Crippen molar-refractivity contribution in [2.24, 2.45) is 4.99 Å². The van der Waals surface area contributed by atoms with Gasteiger partial charge in [0.15, 0.2) is 5.96 Å². The average molecular weight is 358 g/mol. The van der Waals surface area contributed by atoms with Crippen molar-refractivity contribution in [2.45, 2.75) is 20.4 Å². The highest BCUT2D eigenvalue weighted by Crippen LogP contribution is 2.06. The third-order valence-electron chi connectivity index (χ3n) is 3.65. The lowest BCUT2D eigenvalue weighted by Gasteiger charge is -2.23. The summed E-state index contributed by atoms with van der Waals surface area (Å²) in [6.45, 7) is 5.41. The highest BCUT2D eigenvalue weighted by atomic mass is 32.2. The molecule has 6 nitrogen and oxygen atoms in total. The first-order chi connectivity index (χ1) is 11.3. The molecule has 1 aromatic rings. The van der Waals surface area contributed by atoms with Crippen LogP contribution >= 0.6 is 0 Å². The monoisotopic (exact) mass is 358 g/mol. The Morgan fingerprint density at radius 2 is 1.79 bits per heavy atom. The van der Waals surface area contributed by atoms with E-state index >= 15 is 0 Å². The van der Waals surface area contributed by atoms with Crippen molar-refractivity contribution in [1.29, 1.82) is 0 Å². The van der Waals surface area contributed by atoms with Crippen LogP contribution in [0.2, 0.25) is 0 Å². The molecule has 0 heterocycles. The molecule has 136 valence electrons. The second kappa shape index (κ2) is 9.58. The van der Waals surface area contributed by atoms with E-state index in [9.17, 15) is 12.8 Å². The third-order valence-corrected chi connectivity index (χ3v) is 5.67. The number of hydrogen-bond donors (Lipinski definition) is 1. The van der Waals surface area contributed by atoms with Crippen LogP contribution in [-0.4, -0.2) is 63.1 Å². The molecule has 0 saturated carbocycles. The molecule has 0 spiro atoms. The highest BCUT2D eigenvalue weighted by Gasteiger charge is 2.18. The number of halogens is 1. The Morgan fingerprint density at radius 3 is 2.29 bits per heavy atom. The molecule has 0 aliphatic carbocycles. The minimum absolute atomic E-state index is 0.0120. The Hall–Kier alpha value is -1.67. The van der Waals surface area contributed by atoms with Gasteiger partial charge in [0.1, 0.15) is 5.82 Å². The van der Waals surface area contributed by atoms with Crippen molar-refractivity contribution in [3.05, 3.63) is 35.6 Å². The van der Waals surface area contributed by atoms with Gasteiger partial charge >= 0.3 is 0 Å². The number of guanidine groups is 1. The van der Waals surface area contributed by atoms with Crippen LogP contribution in [-0.2, 0) is 16.6 Å². The van der Waals surface area contributed by atoms with Gasteiger partial charge < -0.3 is 10.2 Å². The molecular weight excluding hydrogens is 331 g/mol. The molecule has 0 fully saturated rings. The van der Waals surface area contributed by atoms with Gasteiger partial charge in [-0.2, -0.15) is 0 Å². The third kappa shape index (κ3) is 6.09. The molecular formula is C16H27FN4O2S. The molecule has 0 aromatic heterocycles. The van der Waals surface area contributed by atoms with Crippen molar-refractivity contribution in [3.63, 3.8) is 0 Å². The van der Waals surface area contributed by atoms with Gasteiger partial charge in [-0.15, -0.1) is 0 Å². The van der Waals surface area contributed by atoms with Crippen LogP contribution in [0.4, 0.5) is 4.39 Å². The molecule has 0 saturated heterocycles. The first-order valence-corrected chi connectivity index (χ1v) is 9.59. The number of rotatable bonds is 8. The number of sulfonamides is 1. The summed E-state index contributed by atoms with van der Waals surface area (Å²) in [7, 11) is 0.226. The maximum Gasteiger partial charge on any atom is 0.215 e. The molecule has 1 N–H and O–H groups in total. The lowest BCUT2D eigenvalue weighted by Crippen LogP contribution is -2.42. The van der Waals surface area contributed by atoms with Gasteiger partial charge in [0, 0.05) is 40.3 Å². The minimum atomic E-state index is -3.26. The van der Waals surface area contributed by atoms with Crippen molar-refractivity contribution >= 4 is 16.0 Å². The van der Waals surface area contributed by atoms with Crippen LogP contribution in [0.3, 0.4) is 0 Å². The summed E-state index contributed by atoms with van der Waals surface area (Å²) >= 11 is 0. The first kappa shape index (κ1) is 20.4. The van der Waals surface area contributed by atoms with Gasteiger partial charge in [-0.1, -0.05) is 26.0 Å². The second-order valence-corrected chi connectivity index (χ2v) is 7.45. The number of aliphatic imine (C=N–C) groups is 1. The maximum atomic E-state index is 12.9. The average Bonchev–Trinajstić information content (AvgIpc) is 2.54. The molecule has 0 aliphatic rings. The van der Waals surface area contributed by atoms with Crippen LogP contribution in [0.1, 0.15) is 19.4 Å². The number of hydrogen-bond acceptors (Lipinski definition) is 3. The minimum Gasteiger partial charge on any atom is -0.355 e. The van der Waals surface area contributed by atoms with Gasteiger partial charge in [-0.3, -0.25) is 4.99 Å². The van der Waals surface area contributed by atoms with Crippen molar-refractivity contribution in [1.82, 2.24) is 14.5 Å². The number of nitrogens with zero attached hydrogens (tertiary/aromatic N) is 3. The smallest absolute Gasteiger partial charge is 0.215 e. The van der Waals surface area contributed by atoms with E-state index in [0.717, 1.165) is 5.56 Å². The Bertz CT molecular complexity index is 628. The number of benzene rings is 1. The molecule has 0 radical (unpaired) electrons. The number of nitrogens with one attached hydrogen (secondary N) is 1. The zero-order valence-corrected chi connectivity index (χ0v) is 15.6. The van der Waals surface area contributed by atoms with Crippen LogP contribution in [0, 0.1) is 5.82 Å². The van der Waals surface area contributed by atoms with Crippen LogP contribution in [0.5, 0.6) is 0 Å². The van der Waals surface area contributed by atoms with Crippen LogP contribution in [0.25, 0.3) is 0 Å². The normalized spacial score (nSPS) is 12.5. The summed E-state index contributed by atoms with van der Waals surface area (Å²) in [5.74, 6) is 0.331. The topological polar surface area (TPSA) is 65.0 Å². The summed E-state index contributed by atoms with van der Waals surface area (Å²) in [6.07, 6.45) is 0. The SMILES string of the molecule is CCN(CC)S(=O)(=O)CCNC(=NC)N(C)Cc1ccc(F)cc1. The zero-order chi connectivity index (χ0) is 18.2. The van der Waals surface area contributed by atoms with E-state index in [1.165, 1.54) is 16.4 Å². The summed E-state index contributed by atoms with van der Waals surface area (Å²) in [5.41, 5.74) is 0.942. The molecule has 0 bridgehead atoms. The largest absolute Gasteiger partial charge is 0.355 e. The van der Waals surface area contributed by atoms with E-state index in [2.05, 4.69) is 10.3 Å². The molecule has 24 heavy (non-hydrogen) atoms. The Balaban J connectivity index is 2.57. The van der Waals surface area contributed by atoms with E-state index in [-0.39, 0.29) is 18.1 Å². The lowest BCUT2D eigenvalue weighted by atomic mass is 10.2. The predicted octanol–water partition coefficient (Wildman–Crippen LogP) is 1.50.